The van der Waals surface area contributed by atoms with Crippen LogP contribution >= 0.6 is 0 Å². The van der Waals surface area contributed by atoms with E-state index in [1.165, 1.54) is 5.56 Å². The van der Waals surface area contributed by atoms with Crippen molar-refractivity contribution in [2.75, 3.05) is 19.6 Å². The molecule has 126 valence electrons. The van der Waals surface area contributed by atoms with Crippen molar-refractivity contribution in [3.63, 3.8) is 0 Å². The standard InChI is InChI=1S/C18H26N2O3/c1-13(2)15(14-7-5-4-6-8-14)11-19-17(23)20-10-9-18(3,12-20)16(21)22/h4-8,13,15H,9-12H2,1-3H3,(H,19,23)(H,21,22). The highest BCUT2D eigenvalue weighted by molar-refractivity contribution is 5.79. The predicted molar refractivity (Wildman–Crippen MR) is 89.4 cm³/mol. The van der Waals surface area contributed by atoms with Crippen LogP contribution in [0.25, 0.3) is 0 Å². The Hall–Kier alpha value is -2.04. The molecule has 0 aliphatic carbocycles. The minimum Gasteiger partial charge on any atom is -0.481 e. The molecule has 1 aromatic carbocycles. The van der Waals surface area contributed by atoms with E-state index in [1.807, 2.05) is 18.2 Å². The summed E-state index contributed by atoms with van der Waals surface area (Å²) in [5, 5.41) is 12.2. The van der Waals surface area contributed by atoms with Crippen LogP contribution in [0.2, 0.25) is 0 Å². The van der Waals surface area contributed by atoms with E-state index in [4.69, 9.17) is 0 Å². The summed E-state index contributed by atoms with van der Waals surface area (Å²) in [4.78, 5) is 25.2. The number of aliphatic carboxylic acids is 1. The lowest BCUT2D eigenvalue weighted by Crippen LogP contribution is -2.42. The van der Waals surface area contributed by atoms with Gasteiger partial charge in [-0.25, -0.2) is 4.79 Å². The molecular formula is C18H26N2O3. The third kappa shape index (κ3) is 4.03. The van der Waals surface area contributed by atoms with Crippen LogP contribution < -0.4 is 5.32 Å². The summed E-state index contributed by atoms with van der Waals surface area (Å²) in [7, 11) is 0. The van der Waals surface area contributed by atoms with Crippen molar-refractivity contribution >= 4 is 12.0 Å². The van der Waals surface area contributed by atoms with E-state index in [9.17, 15) is 14.7 Å². The number of hydrogen-bond donors (Lipinski definition) is 2. The van der Waals surface area contributed by atoms with Gasteiger partial charge in [-0.1, -0.05) is 44.2 Å². The quantitative estimate of drug-likeness (QED) is 0.877. The van der Waals surface area contributed by atoms with Gasteiger partial charge in [-0.15, -0.1) is 0 Å². The van der Waals surface area contributed by atoms with Gasteiger partial charge in [0.1, 0.15) is 0 Å². The van der Waals surface area contributed by atoms with E-state index in [2.05, 4.69) is 31.3 Å². The van der Waals surface area contributed by atoms with Gasteiger partial charge in [-0.2, -0.15) is 0 Å². The number of amides is 2. The molecule has 5 heteroatoms. The summed E-state index contributed by atoms with van der Waals surface area (Å²) in [6.07, 6.45) is 0.502. The summed E-state index contributed by atoms with van der Waals surface area (Å²) >= 11 is 0. The maximum atomic E-state index is 12.3. The molecule has 0 bridgehead atoms. The number of nitrogens with zero attached hydrogens (tertiary/aromatic N) is 1. The van der Waals surface area contributed by atoms with Gasteiger partial charge in [0.05, 0.1) is 5.41 Å². The van der Waals surface area contributed by atoms with Crippen LogP contribution in [0.3, 0.4) is 0 Å². The fraction of sp³-hybridized carbons (Fsp3) is 0.556. The number of urea groups is 1. The zero-order valence-electron chi connectivity index (χ0n) is 14.1. The fourth-order valence-corrected chi connectivity index (χ4v) is 3.06. The maximum absolute atomic E-state index is 12.3. The Bertz CT molecular complexity index is 559. The van der Waals surface area contributed by atoms with Gasteiger partial charge in [0.2, 0.25) is 0 Å². The smallest absolute Gasteiger partial charge is 0.317 e. The number of carbonyl (C=O) groups is 2. The normalized spacial score (nSPS) is 22.2. The largest absolute Gasteiger partial charge is 0.481 e. The second kappa shape index (κ2) is 7.02. The summed E-state index contributed by atoms with van der Waals surface area (Å²) in [6.45, 7) is 7.30. The first-order chi connectivity index (χ1) is 10.8. The van der Waals surface area contributed by atoms with Gasteiger partial charge in [-0.05, 0) is 24.8 Å². The third-order valence-electron chi connectivity index (χ3n) is 4.78. The molecule has 1 saturated heterocycles. The lowest BCUT2D eigenvalue weighted by Gasteiger charge is -2.25. The Kier molecular flexibility index (Phi) is 5.29. The molecule has 2 amide bonds. The average molecular weight is 318 g/mol. The Morgan fingerprint density at radius 1 is 1.30 bits per heavy atom. The van der Waals surface area contributed by atoms with Crippen molar-refractivity contribution in [2.24, 2.45) is 11.3 Å². The molecule has 0 spiro atoms. The van der Waals surface area contributed by atoms with Crippen molar-refractivity contribution in [3.05, 3.63) is 35.9 Å². The van der Waals surface area contributed by atoms with Crippen LogP contribution in [0.15, 0.2) is 30.3 Å². The van der Waals surface area contributed by atoms with E-state index in [0.29, 0.717) is 25.4 Å². The molecule has 1 aliphatic rings. The molecule has 1 fully saturated rings. The summed E-state index contributed by atoms with van der Waals surface area (Å²) in [5.41, 5.74) is 0.383. The minimum absolute atomic E-state index is 0.170. The zero-order chi connectivity index (χ0) is 17.0. The van der Waals surface area contributed by atoms with E-state index < -0.39 is 11.4 Å². The average Bonchev–Trinajstić information content (AvgIpc) is 2.92. The second-order valence-electron chi connectivity index (χ2n) is 6.98. The van der Waals surface area contributed by atoms with E-state index >= 15 is 0 Å². The van der Waals surface area contributed by atoms with Crippen molar-refractivity contribution < 1.29 is 14.7 Å². The summed E-state index contributed by atoms with van der Waals surface area (Å²) in [5.74, 6) is -0.189. The van der Waals surface area contributed by atoms with Crippen molar-refractivity contribution in [3.8, 4) is 0 Å². The molecule has 1 aliphatic heterocycles. The van der Waals surface area contributed by atoms with Crippen LogP contribution in [-0.2, 0) is 4.79 Å². The van der Waals surface area contributed by atoms with E-state index in [0.717, 1.165) is 0 Å². The SMILES string of the molecule is CC(C)C(CNC(=O)N1CCC(C)(C(=O)O)C1)c1ccccc1. The molecule has 2 N–H and O–H groups in total. The highest BCUT2D eigenvalue weighted by Crippen LogP contribution is 2.30. The minimum atomic E-state index is -0.836. The summed E-state index contributed by atoms with van der Waals surface area (Å²) < 4.78 is 0. The van der Waals surface area contributed by atoms with Crippen molar-refractivity contribution in [2.45, 2.75) is 33.1 Å². The first-order valence-corrected chi connectivity index (χ1v) is 8.14. The molecule has 0 radical (unpaired) electrons. The lowest BCUT2D eigenvalue weighted by atomic mass is 9.88. The lowest BCUT2D eigenvalue weighted by molar-refractivity contribution is -0.146. The molecule has 1 aromatic rings. The highest BCUT2D eigenvalue weighted by atomic mass is 16.4. The molecule has 2 unspecified atom stereocenters. The maximum Gasteiger partial charge on any atom is 0.317 e. The topological polar surface area (TPSA) is 69.6 Å². The highest BCUT2D eigenvalue weighted by Gasteiger charge is 2.42. The van der Waals surface area contributed by atoms with Crippen molar-refractivity contribution in [1.82, 2.24) is 10.2 Å². The second-order valence-corrected chi connectivity index (χ2v) is 6.98. The molecule has 0 aromatic heterocycles. The number of benzene rings is 1. The van der Waals surface area contributed by atoms with Gasteiger partial charge >= 0.3 is 12.0 Å². The molecule has 0 saturated carbocycles. The van der Waals surface area contributed by atoms with E-state index in [-0.39, 0.29) is 18.5 Å². The summed E-state index contributed by atoms with van der Waals surface area (Å²) in [6, 6.07) is 9.98. The van der Waals surface area contributed by atoms with Crippen LogP contribution in [0.5, 0.6) is 0 Å². The first-order valence-electron chi connectivity index (χ1n) is 8.14. The number of nitrogens with one attached hydrogen (secondary N) is 1. The molecular weight excluding hydrogens is 292 g/mol. The monoisotopic (exact) mass is 318 g/mol. The number of carbonyl (C=O) groups excluding carboxylic acids is 1. The Balaban J connectivity index is 1.94. The molecule has 23 heavy (non-hydrogen) atoms. The van der Waals surface area contributed by atoms with Gasteiger partial charge in [-0.3, -0.25) is 4.79 Å². The molecule has 1 heterocycles. The number of likely N-dealkylation sites (tertiary alicyclic amines) is 1. The number of carboxylic acid groups (broad SMARTS) is 1. The van der Waals surface area contributed by atoms with Crippen LogP contribution in [0, 0.1) is 11.3 Å². The predicted octanol–water partition coefficient (Wildman–Crippen LogP) is 2.93. The van der Waals surface area contributed by atoms with Gasteiger partial charge in [0.15, 0.2) is 0 Å². The van der Waals surface area contributed by atoms with Crippen LogP contribution in [0.4, 0.5) is 4.79 Å². The number of rotatable bonds is 5. The third-order valence-corrected chi connectivity index (χ3v) is 4.78. The van der Waals surface area contributed by atoms with Crippen LogP contribution in [0.1, 0.15) is 38.7 Å². The molecule has 2 rings (SSSR count). The van der Waals surface area contributed by atoms with Gasteiger partial charge < -0.3 is 15.3 Å². The van der Waals surface area contributed by atoms with Crippen LogP contribution in [-0.4, -0.2) is 41.6 Å². The molecule has 2 atom stereocenters. The van der Waals surface area contributed by atoms with E-state index in [1.54, 1.807) is 11.8 Å². The number of carboxylic acids is 1. The van der Waals surface area contributed by atoms with Crippen molar-refractivity contribution in [1.29, 1.82) is 0 Å². The Morgan fingerprint density at radius 3 is 2.48 bits per heavy atom. The Morgan fingerprint density at radius 2 is 1.96 bits per heavy atom. The Labute approximate surface area is 137 Å². The van der Waals surface area contributed by atoms with Gasteiger partial charge in [0, 0.05) is 25.6 Å². The van der Waals surface area contributed by atoms with Gasteiger partial charge in [0.25, 0.3) is 0 Å². The molecule has 5 nitrogen and oxygen atoms in total. The first kappa shape index (κ1) is 17.3. The fourth-order valence-electron chi connectivity index (χ4n) is 3.06. The number of hydrogen-bond acceptors (Lipinski definition) is 2. The zero-order valence-corrected chi connectivity index (χ0v) is 14.1.